The Morgan fingerprint density at radius 2 is 1.93 bits per heavy atom. The van der Waals surface area contributed by atoms with Gasteiger partial charge in [0.1, 0.15) is 23.0 Å². The predicted octanol–water partition coefficient (Wildman–Crippen LogP) is 4.15. The Balaban J connectivity index is 1.72. The molecule has 0 fully saturated rings. The highest BCUT2D eigenvalue weighted by Crippen LogP contribution is 2.27. The summed E-state index contributed by atoms with van der Waals surface area (Å²) in [5, 5.41) is 10.4. The fourth-order valence-corrected chi connectivity index (χ4v) is 3.90. The SMILES string of the molecule is Cc1ccc2c(CSc3nc(-c4ccc(F)cc4)c(C#N)c(=O)[nH]3)cc(=O)oc2c1. The van der Waals surface area contributed by atoms with E-state index in [2.05, 4.69) is 9.97 Å². The molecule has 2 heterocycles. The van der Waals surface area contributed by atoms with E-state index in [1.54, 1.807) is 6.07 Å². The number of hydrogen-bond donors (Lipinski definition) is 1. The van der Waals surface area contributed by atoms with Crippen LogP contribution in [-0.2, 0) is 5.75 Å². The van der Waals surface area contributed by atoms with E-state index in [1.165, 1.54) is 42.1 Å². The second kappa shape index (κ2) is 7.97. The van der Waals surface area contributed by atoms with Gasteiger partial charge in [0, 0.05) is 22.8 Å². The molecule has 1 N–H and O–H groups in total. The number of halogens is 1. The zero-order chi connectivity index (χ0) is 21.3. The Morgan fingerprint density at radius 3 is 2.67 bits per heavy atom. The van der Waals surface area contributed by atoms with Crippen LogP contribution in [0, 0.1) is 24.1 Å². The number of H-pyrrole nitrogens is 1. The molecule has 0 atom stereocenters. The maximum atomic E-state index is 13.2. The molecule has 0 saturated carbocycles. The third-order valence-corrected chi connectivity index (χ3v) is 5.40. The first kappa shape index (κ1) is 19.6. The van der Waals surface area contributed by atoms with Crippen LogP contribution >= 0.6 is 11.8 Å². The van der Waals surface area contributed by atoms with Gasteiger partial charge in [-0.15, -0.1) is 0 Å². The number of aryl methyl sites for hydroxylation is 1. The molecule has 0 aliphatic heterocycles. The second-order valence-electron chi connectivity index (χ2n) is 6.59. The van der Waals surface area contributed by atoms with Gasteiger partial charge < -0.3 is 9.40 Å². The fourth-order valence-electron chi connectivity index (χ4n) is 3.04. The van der Waals surface area contributed by atoms with Crippen molar-refractivity contribution in [3.8, 4) is 17.3 Å². The number of nitriles is 1. The van der Waals surface area contributed by atoms with Crippen molar-refractivity contribution in [1.82, 2.24) is 9.97 Å². The van der Waals surface area contributed by atoms with Crippen molar-refractivity contribution in [2.75, 3.05) is 0 Å². The van der Waals surface area contributed by atoms with E-state index in [4.69, 9.17) is 4.42 Å². The summed E-state index contributed by atoms with van der Waals surface area (Å²) in [7, 11) is 0. The summed E-state index contributed by atoms with van der Waals surface area (Å²) in [5.74, 6) is -0.0789. The van der Waals surface area contributed by atoms with Crippen LogP contribution in [0.4, 0.5) is 4.39 Å². The maximum absolute atomic E-state index is 13.2. The molecule has 0 saturated heterocycles. The van der Waals surface area contributed by atoms with Gasteiger partial charge in [-0.25, -0.2) is 14.2 Å². The van der Waals surface area contributed by atoms with E-state index in [0.717, 1.165) is 16.5 Å². The van der Waals surface area contributed by atoms with Gasteiger partial charge in [-0.3, -0.25) is 4.79 Å². The second-order valence-corrected chi connectivity index (χ2v) is 7.56. The molecule has 0 spiro atoms. The lowest BCUT2D eigenvalue weighted by molar-refractivity contribution is 0.559. The lowest BCUT2D eigenvalue weighted by Crippen LogP contribution is -2.14. The fraction of sp³-hybridized carbons (Fsp3) is 0.0909. The summed E-state index contributed by atoms with van der Waals surface area (Å²) < 4.78 is 18.5. The van der Waals surface area contributed by atoms with Gasteiger partial charge in [-0.05, 0) is 48.4 Å². The zero-order valence-corrected chi connectivity index (χ0v) is 16.5. The smallest absolute Gasteiger partial charge is 0.336 e. The molecule has 4 rings (SSSR count). The summed E-state index contributed by atoms with van der Waals surface area (Å²) in [6.07, 6.45) is 0. The van der Waals surface area contributed by atoms with Crippen LogP contribution in [0.1, 0.15) is 16.7 Å². The van der Waals surface area contributed by atoms with Crippen LogP contribution in [0.5, 0.6) is 0 Å². The zero-order valence-electron chi connectivity index (χ0n) is 15.7. The molecule has 0 aliphatic rings. The van der Waals surface area contributed by atoms with E-state index in [9.17, 15) is 19.2 Å². The Morgan fingerprint density at radius 1 is 1.17 bits per heavy atom. The standard InChI is InChI=1S/C22H14FN3O3S/c1-12-2-7-16-14(9-19(27)29-18(16)8-12)11-30-22-25-20(17(10-24)21(28)26-22)13-3-5-15(23)6-4-13/h2-9H,11H2,1H3,(H,25,26,28). The number of aromatic amines is 1. The van der Waals surface area contributed by atoms with Crippen molar-refractivity contribution < 1.29 is 8.81 Å². The number of nitrogens with zero attached hydrogens (tertiary/aromatic N) is 2. The number of thioether (sulfide) groups is 1. The first-order chi connectivity index (χ1) is 14.4. The number of nitrogens with one attached hydrogen (secondary N) is 1. The number of hydrogen-bond acceptors (Lipinski definition) is 6. The normalized spacial score (nSPS) is 10.8. The summed E-state index contributed by atoms with van der Waals surface area (Å²) in [6.45, 7) is 1.91. The lowest BCUT2D eigenvalue weighted by atomic mass is 10.1. The number of rotatable bonds is 4. The summed E-state index contributed by atoms with van der Waals surface area (Å²) in [4.78, 5) is 31.3. The average Bonchev–Trinajstić information content (AvgIpc) is 2.71. The van der Waals surface area contributed by atoms with Crippen LogP contribution < -0.4 is 11.2 Å². The van der Waals surface area contributed by atoms with Crippen molar-refractivity contribution in [1.29, 1.82) is 5.26 Å². The van der Waals surface area contributed by atoms with Gasteiger partial charge in [0.25, 0.3) is 5.56 Å². The van der Waals surface area contributed by atoms with Crippen molar-refractivity contribution in [3.63, 3.8) is 0 Å². The summed E-state index contributed by atoms with van der Waals surface area (Å²) >= 11 is 1.22. The molecule has 0 unspecified atom stereocenters. The minimum absolute atomic E-state index is 0.146. The lowest BCUT2D eigenvalue weighted by Gasteiger charge is -2.08. The predicted molar refractivity (Wildman–Crippen MR) is 112 cm³/mol. The molecule has 0 bridgehead atoms. The third kappa shape index (κ3) is 3.88. The minimum Gasteiger partial charge on any atom is -0.423 e. The largest absolute Gasteiger partial charge is 0.423 e. The highest BCUT2D eigenvalue weighted by Gasteiger charge is 2.15. The van der Waals surface area contributed by atoms with Crippen molar-refractivity contribution in [2.24, 2.45) is 0 Å². The number of benzene rings is 2. The Hall–Kier alpha value is -3.70. The van der Waals surface area contributed by atoms with Gasteiger partial charge in [0.2, 0.25) is 0 Å². The van der Waals surface area contributed by atoms with Gasteiger partial charge in [-0.2, -0.15) is 5.26 Å². The van der Waals surface area contributed by atoms with Crippen LogP contribution in [0.3, 0.4) is 0 Å². The molecule has 6 nitrogen and oxygen atoms in total. The van der Waals surface area contributed by atoms with Gasteiger partial charge in [0.05, 0.1) is 5.69 Å². The van der Waals surface area contributed by atoms with Crippen molar-refractivity contribution in [2.45, 2.75) is 17.8 Å². The Kier molecular flexibility index (Phi) is 5.21. The summed E-state index contributed by atoms with van der Waals surface area (Å²) in [6, 6.07) is 14.3. The van der Waals surface area contributed by atoms with E-state index in [1.807, 2.05) is 25.1 Å². The third-order valence-electron chi connectivity index (χ3n) is 4.48. The molecule has 148 valence electrons. The molecule has 0 amide bonds. The monoisotopic (exact) mass is 419 g/mol. The Labute approximate surface area is 174 Å². The van der Waals surface area contributed by atoms with Crippen molar-refractivity contribution >= 4 is 22.7 Å². The van der Waals surface area contributed by atoms with E-state index < -0.39 is 17.0 Å². The average molecular weight is 419 g/mol. The molecule has 2 aromatic carbocycles. The number of fused-ring (bicyclic) bond motifs is 1. The van der Waals surface area contributed by atoms with Crippen LogP contribution in [0.2, 0.25) is 0 Å². The topological polar surface area (TPSA) is 99.7 Å². The van der Waals surface area contributed by atoms with Crippen LogP contribution in [0.15, 0.2) is 67.7 Å². The minimum atomic E-state index is -0.581. The molecular formula is C22H14FN3O3S. The number of aromatic nitrogens is 2. The molecular weight excluding hydrogens is 405 g/mol. The first-order valence-electron chi connectivity index (χ1n) is 8.91. The van der Waals surface area contributed by atoms with Crippen LogP contribution in [-0.4, -0.2) is 9.97 Å². The van der Waals surface area contributed by atoms with Gasteiger partial charge in [0.15, 0.2) is 5.16 Å². The van der Waals surface area contributed by atoms with E-state index >= 15 is 0 Å². The van der Waals surface area contributed by atoms with Gasteiger partial charge >= 0.3 is 5.63 Å². The van der Waals surface area contributed by atoms with E-state index in [0.29, 0.717) is 16.9 Å². The quantitative estimate of drug-likeness (QED) is 0.303. The van der Waals surface area contributed by atoms with Crippen molar-refractivity contribution in [3.05, 3.63) is 91.8 Å². The maximum Gasteiger partial charge on any atom is 0.336 e. The Bertz CT molecular complexity index is 1420. The first-order valence-corrected chi connectivity index (χ1v) is 9.90. The highest BCUT2D eigenvalue weighted by atomic mass is 32.2. The molecule has 2 aromatic heterocycles. The molecule has 4 aromatic rings. The molecule has 8 heteroatoms. The van der Waals surface area contributed by atoms with Crippen LogP contribution in [0.25, 0.3) is 22.2 Å². The highest BCUT2D eigenvalue weighted by molar-refractivity contribution is 7.98. The molecule has 0 aliphatic carbocycles. The summed E-state index contributed by atoms with van der Waals surface area (Å²) in [5.41, 5.74) is 1.65. The molecule has 0 radical (unpaired) electrons. The van der Waals surface area contributed by atoms with E-state index in [-0.39, 0.29) is 16.4 Å². The molecule has 30 heavy (non-hydrogen) atoms. The van der Waals surface area contributed by atoms with Gasteiger partial charge in [-0.1, -0.05) is 23.9 Å².